The molecule has 1 aromatic heterocycles. The molecular weight excluding hydrogens is 355 g/mol. The van der Waals surface area contributed by atoms with E-state index >= 15 is 0 Å². The minimum absolute atomic E-state index is 0.174. The Hall–Kier alpha value is -3.28. The fourth-order valence-corrected chi connectivity index (χ4v) is 2.71. The minimum Gasteiger partial charge on any atom is -0.368 e. The largest absolute Gasteiger partial charge is 0.368 e. The zero-order valence-electron chi connectivity index (χ0n) is 15.9. The Balaban J connectivity index is 1.75. The molecule has 0 saturated heterocycles. The number of benzene rings is 2. The van der Waals surface area contributed by atoms with E-state index < -0.39 is 0 Å². The lowest BCUT2D eigenvalue weighted by Crippen LogP contribution is -2.27. The smallest absolute Gasteiger partial charge is 0.270 e. The third-order valence-electron chi connectivity index (χ3n) is 4.04. The van der Waals surface area contributed by atoms with Crippen LogP contribution in [0, 0.1) is 5.82 Å². The van der Waals surface area contributed by atoms with Gasteiger partial charge in [0.25, 0.3) is 5.91 Å². The Morgan fingerprint density at radius 3 is 2.43 bits per heavy atom. The summed E-state index contributed by atoms with van der Waals surface area (Å²) in [5, 5.41) is 6.10. The number of rotatable bonds is 7. The SMILES string of the molecule is CC(C)Nc1cc(C(=O)NCCc2ccc(F)cc2)nc(-c2ccccc2)n1. The second-order valence-corrected chi connectivity index (χ2v) is 6.76. The van der Waals surface area contributed by atoms with Crippen LogP contribution in [0.1, 0.15) is 29.9 Å². The van der Waals surface area contributed by atoms with Gasteiger partial charge in [-0.05, 0) is 38.0 Å². The number of carbonyl (C=O) groups is 1. The van der Waals surface area contributed by atoms with Gasteiger partial charge in [0, 0.05) is 24.2 Å². The highest BCUT2D eigenvalue weighted by atomic mass is 19.1. The average Bonchev–Trinajstić information content (AvgIpc) is 2.69. The van der Waals surface area contributed by atoms with Gasteiger partial charge in [-0.3, -0.25) is 4.79 Å². The third-order valence-corrected chi connectivity index (χ3v) is 4.04. The van der Waals surface area contributed by atoms with Gasteiger partial charge in [-0.25, -0.2) is 14.4 Å². The molecule has 0 saturated carbocycles. The van der Waals surface area contributed by atoms with E-state index in [1.807, 2.05) is 44.2 Å². The number of hydrogen-bond acceptors (Lipinski definition) is 4. The molecule has 3 rings (SSSR count). The summed E-state index contributed by atoms with van der Waals surface area (Å²) in [6, 6.07) is 17.6. The van der Waals surface area contributed by atoms with Crippen LogP contribution in [-0.2, 0) is 6.42 Å². The van der Waals surface area contributed by atoms with E-state index in [4.69, 9.17) is 0 Å². The quantitative estimate of drug-likeness (QED) is 0.650. The highest BCUT2D eigenvalue weighted by Crippen LogP contribution is 2.18. The molecule has 5 nitrogen and oxygen atoms in total. The van der Waals surface area contributed by atoms with Gasteiger partial charge in [0.15, 0.2) is 5.82 Å². The van der Waals surface area contributed by atoms with Gasteiger partial charge in [0.1, 0.15) is 17.3 Å². The van der Waals surface area contributed by atoms with E-state index in [0.29, 0.717) is 30.3 Å². The van der Waals surface area contributed by atoms with Crippen molar-refractivity contribution in [2.75, 3.05) is 11.9 Å². The van der Waals surface area contributed by atoms with Crippen LogP contribution < -0.4 is 10.6 Å². The van der Waals surface area contributed by atoms with Crippen LogP contribution in [0.5, 0.6) is 0 Å². The summed E-state index contributed by atoms with van der Waals surface area (Å²) in [6.07, 6.45) is 0.611. The number of carbonyl (C=O) groups excluding carboxylic acids is 1. The predicted octanol–water partition coefficient (Wildman–Crippen LogP) is 4.08. The second-order valence-electron chi connectivity index (χ2n) is 6.76. The van der Waals surface area contributed by atoms with Crippen molar-refractivity contribution in [2.24, 2.45) is 0 Å². The molecule has 6 heteroatoms. The number of nitrogens with one attached hydrogen (secondary N) is 2. The predicted molar refractivity (Wildman–Crippen MR) is 109 cm³/mol. The van der Waals surface area contributed by atoms with Crippen LogP contribution >= 0.6 is 0 Å². The Kier molecular flexibility index (Phi) is 6.32. The zero-order valence-corrected chi connectivity index (χ0v) is 15.9. The Morgan fingerprint density at radius 2 is 1.75 bits per heavy atom. The summed E-state index contributed by atoms with van der Waals surface area (Å²) in [4.78, 5) is 21.6. The van der Waals surface area contributed by atoms with E-state index in [1.165, 1.54) is 12.1 Å². The lowest BCUT2D eigenvalue weighted by atomic mass is 10.1. The Bertz CT molecular complexity index is 927. The number of halogens is 1. The van der Waals surface area contributed by atoms with Gasteiger partial charge in [-0.1, -0.05) is 42.5 Å². The summed E-state index contributed by atoms with van der Waals surface area (Å²) in [5.41, 5.74) is 2.10. The first-order valence-electron chi connectivity index (χ1n) is 9.25. The van der Waals surface area contributed by atoms with Crippen molar-refractivity contribution in [3.63, 3.8) is 0 Å². The van der Waals surface area contributed by atoms with E-state index in [9.17, 15) is 9.18 Å². The summed E-state index contributed by atoms with van der Waals surface area (Å²) in [7, 11) is 0. The molecule has 0 bridgehead atoms. The van der Waals surface area contributed by atoms with Gasteiger partial charge in [-0.2, -0.15) is 0 Å². The van der Waals surface area contributed by atoms with Crippen molar-refractivity contribution in [1.82, 2.24) is 15.3 Å². The number of nitrogens with zero attached hydrogens (tertiary/aromatic N) is 2. The molecule has 2 aromatic carbocycles. The molecule has 0 aliphatic heterocycles. The molecule has 0 fully saturated rings. The maximum absolute atomic E-state index is 13.0. The molecule has 0 aliphatic carbocycles. The average molecular weight is 378 g/mol. The number of aromatic nitrogens is 2. The Labute approximate surface area is 164 Å². The lowest BCUT2D eigenvalue weighted by molar-refractivity contribution is 0.0949. The van der Waals surface area contributed by atoms with E-state index in [0.717, 1.165) is 11.1 Å². The van der Waals surface area contributed by atoms with Gasteiger partial charge in [-0.15, -0.1) is 0 Å². The molecule has 0 spiro atoms. The summed E-state index contributed by atoms with van der Waals surface area (Å²) < 4.78 is 13.0. The van der Waals surface area contributed by atoms with Crippen molar-refractivity contribution in [3.8, 4) is 11.4 Å². The van der Waals surface area contributed by atoms with Crippen LogP contribution in [0.2, 0.25) is 0 Å². The van der Waals surface area contributed by atoms with Crippen LogP contribution in [0.3, 0.4) is 0 Å². The van der Waals surface area contributed by atoms with Gasteiger partial charge in [0.2, 0.25) is 0 Å². The molecule has 28 heavy (non-hydrogen) atoms. The van der Waals surface area contributed by atoms with Crippen molar-refractivity contribution in [3.05, 3.63) is 77.7 Å². The van der Waals surface area contributed by atoms with Crippen LogP contribution in [0.25, 0.3) is 11.4 Å². The molecule has 0 radical (unpaired) electrons. The second kappa shape index (κ2) is 9.08. The maximum atomic E-state index is 13.0. The molecule has 0 aliphatic rings. The standard InChI is InChI=1S/C22H23FN4O/c1-15(2)25-20-14-19(26-21(27-20)17-6-4-3-5-7-17)22(28)24-13-12-16-8-10-18(23)11-9-16/h3-11,14-15H,12-13H2,1-2H3,(H,24,28)(H,25,26,27). The first-order valence-corrected chi connectivity index (χ1v) is 9.25. The Morgan fingerprint density at radius 1 is 1.04 bits per heavy atom. The van der Waals surface area contributed by atoms with Gasteiger partial charge >= 0.3 is 0 Å². The van der Waals surface area contributed by atoms with Crippen LogP contribution in [0.4, 0.5) is 10.2 Å². The molecule has 0 atom stereocenters. The monoisotopic (exact) mass is 378 g/mol. The first-order chi connectivity index (χ1) is 13.5. The van der Waals surface area contributed by atoms with E-state index in [1.54, 1.807) is 18.2 Å². The number of amides is 1. The molecular formula is C22H23FN4O. The summed E-state index contributed by atoms with van der Waals surface area (Å²) in [6.45, 7) is 4.45. The third kappa shape index (κ3) is 5.36. The number of hydrogen-bond donors (Lipinski definition) is 2. The molecule has 1 heterocycles. The summed E-state index contributed by atoms with van der Waals surface area (Å²) in [5.74, 6) is 0.559. The molecule has 2 N–H and O–H groups in total. The van der Waals surface area contributed by atoms with Crippen molar-refractivity contribution in [1.29, 1.82) is 0 Å². The molecule has 1 amide bonds. The fraction of sp³-hybridized carbons (Fsp3) is 0.227. The van der Waals surface area contributed by atoms with E-state index in [2.05, 4.69) is 20.6 Å². The van der Waals surface area contributed by atoms with Crippen molar-refractivity contribution >= 4 is 11.7 Å². The van der Waals surface area contributed by atoms with E-state index in [-0.39, 0.29) is 17.8 Å². The minimum atomic E-state index is -0.271. The fourth-order valence-electron chi connectivity index (χ4n) is 2.71. The zero-order chi connectivity index (χ0) is 19.9. The molecule has 3 aromatic rings. The van der Waals surface area contributed by atoms with Gasteiger partial charge < -0.3 is 10.6 Å². The maximum Gasteiger partial charge on any atom is 0.270 e. The van der Waals surface area contributed by atoms with Gasteiger partial charge in [0.05, 0.1) is 0 Å². The number of anilines is 1. The van der Waals surface area contributed by atoms with Crippen LogP contribution in [0.15, 0.2) is 60.7 Å². The first kappa shape index (κ1) is 19.5. The van der Waals surface area contributed by atoms with Crippen molar-refractivity contribution in [2.45, 2.75) is 26.3 Å². The normalized spacial score (nSPS) is 10.7. The summed E-state index contributed by atoms with van der Waals surface area (Å²) >= 11 is 0. The highest BCUT2D eigenvalue weighted by Gasteiger charge is 2.13. The lowest BCUT2D eigenvalue weighted by Gasteiger charge is -2.12. The molecule has 144 valence electrons. The highest BCUT2D eigenvalue weighted by molar-refractivity contribution is 5.93. The molecule has 0 unspecified atom stereocenters. The van der Waals surface area contributed by atoms with Crippen LogP contribution in [-0.4, -0.2) is 28.5 Å². The van der Waals surface area contributed by atoms with Crippen molar-refractivity contribution < 1.29 is 9.18 Å². The topological polar surface area (TPSA) is 66.9 Å².